The van der Waals surface area contributed by atoms with E-state index in [4.69, 9.17) is 4.52 Å². The highest BCUT2D eigenvalue weighted by Crippen LogP contribution is 2.40. The molecule has 0 radical (unpaired) electrons. The van der Waals surface area contributed by atoms with Gasteiger partial charge in [-0.15, -0.1) is 0 Å². The van der Waals surface area contributed by atoms with Gasteiger partial charge in [0.2, 0.25) is 5.89 Å². The molecule has 0 unspecified atom stereocenters. The fourth-order valence-electron chi connectivity index (χ4n) is 2.68. The van der Waals surface area contributed by atoms with E-state index in [2.05, 4.69) is 20.1 Å². The molecule has 0 bridgehead atoms. The summed E-state index contributed by atoms with van der Waals surface area (Å²) >= 11 is 0. The van der Waals surface area contributed by atoms with E-state index in [-0.39, 0.29) is 11.9 Å². The monoisotopic (exact) mass is 273 g/mol. The first-order valence-corrected chi connectivity index (χ1v) is 6.96. The number of hydrogen-bond acceptors (Lipinski definition) is 5. The van der Waals surface area contributed by atoms with Gasteiger partial charge in [0, 0.05) is 12.5 Å². The highest BCUT2D eigenvalue weighted by Gasteiger charge is 2.36. The second-order valence-corrected chi connectivity index (χ2v) is 5.39. The third-order valence-electron chi connectivity index (χ3n) is 3.92. The molecule has 7 heteroatoms. The summed E-state index contributed by atoms with van der Waals surface area (Å²) in [5, 5.41) is 4.07. The van der Waals surface area contributed by atoms with Gasteiger partial charge in [0.15, 0.2) is 5.82 Å². The second-order valence-electron chi connectivity index (χ2n) is 5.39. The summed E-state index contributed by atoms with van der Waals surface area (Å²) in [7, 11) is 0. The van der Waals surface area contributed by atoms with Crippen molar-refractivity contribution >= 4 is 5.91 Å². The minimum Gasteiger partial charge on any atom is -0.341 e. The molecule has 1 atom stereocenters. The number of aromatic amines is 1. The molecule has 2 aromatic heterocycles. The van der Waals surface area contributed by atoms with Gasteiger partial charge in [0.25, 0.3) is 5.91 Å². The molecule has 1 N–H and O–H groups in total. The Kier molecular flexibility index (Phi) is 2.58. The summed E-state index contributed by atoms with van der Waals surface area (Å²) < 4.78 is 5.30. The molecule has 1 saturated carbocycles. The first-order chi connectivity index (χ1) is 9.83. The molecule has 2 fully saturated rings. The summed E-state index contributed by atoms with van der Waals surface area (Å²) in [4.78, 5) is 25.4. The third-order valence-corrected chi connectivity index (χ3v) is 3.92. The largest absolute Gasteiger partial charge is 0.341 e. The molecule has 20 heavy (non-hydrogen) atoms. The molecular formula is C13H15N5O2. The van der Waals surface area contributed by atoms with Crippen molar-refractivity contribution in [3.8, 4) is 0 Å². The summed E-state index contributed by atoms with van der Waals surface area (Å²) in [6.07, 6.45) is 7.15. The van der Waals surface area contributed by atoms with E-state index in [1.165, 1.54) is 6.33 Å². The number of nitrogens with zero attached hydrogens (tertiary/aromatic N) is 4. The summed E-state index contributed by atoms with van der Waals surface area (Å²) in [5.74, 6) is 1.75. The number of likely N-dealkylation sites (tertiary alicyclic amines) is 1. The van der Waals surface area contributed by atoms with E-state index in [0.717, 1.165) is 38.1 Å². The predicted octanol–water partition coefficient (Wildman–Crippen LogP) is 1.65. The first kappa shape index (κ1) is 11.6. The second kappa shape index (κ2) is 4.43. The van der Waals surface area contributed by atoms with Gasteiger partial charge >= 0.3 is 0 Å². The smallest absolute Gasteiger partial charge is 0.272 e. The molecule has 7 nitrogen and oxygen atoms in total. The van der Waals surface area contributed by atoms with Crippen molar-refractivity contribution in [1.82, 2.24) is 25.0 Å². The van der Waals surface area contributed by atoms with Gasteiger partial charge in [0.1, 0.15) is 5.69 Å². The number of nitrogens with one attached hydrogen (secondary N) is 1. The van der Waals surface area contributed by atoms with E-state index in [0.29, 0.717) is 17.4 Å². The summed E-state index contributed by atoms with van der Waals surface area (Å²) in [5.41, 5.74) is 0.503. The number of aromatic nitrogens is 4. The molecule has 2 aromatic rings. The zero-order valence-corrected chi connectivity index (χ0v) is 11.0. The van der Waals surface area contributed by atoms with Gasteiger partial charge in [0.05, 0.1) is 18.6 Å². The van der Waals surface area contributed by atoms with E-state index < -0.39 is 0 Å². The SMILES string of the molecule is O=C(c1cnc[nH]1)N1CCC[C@@H]1c1noc(C2CC2)n1. The normalized spacial score (nSPS) is 22.4. The van der Waals surface area contributed by atoms with Gasteiger partial charge in [-0.1, -0.05) is 5.16 Å². The molecule has 3 heterocycles. The van der Waals surface area contributed by atoms with Crippen LogP contribution in [0.5, 0.6) is 0 Å². The van der Waals surface area contributed by atoms with Gasteiger partial charge in [-0.05, 0) is 25.7 Å². The Bertz CT molecular complexity index is 617. The quantitative estimate of drug-likeness (QED) is 0.918. The number of H-pyrrole nitrogens is 1. The molecule has 104 valence electrons. The maximum atomic E-state index is 12.4. The molecule has 1 amide bonds. The molecule has 1 aliphatic heterocycles. The molecular weight excluding hydrogens is 258 g/mol. The highest BCUT2D eigenvalue weighted by atomic mass is 16.5. The molecule has 1 aliphatic carbocycles. The van der Waals surface area contributed by atoms with Gasteiger partial charge in [-0.25, -0.2) is 4.98 Å². The minimum absolute atomic E-state index is 0.0530. The van der Waals surface area contributed by atoms with Crippen molar-refractivity contribution in [2.75, 3.05) is 6.54 Å². The Morgan fingerprint density at radius 2 is 2.30 bits per heavy atom. The van der Waals surface area contributed by atoms with Crippen molar-refractivity contribution in [1.29, 1.82) is 0 Å². The molecule has 1 saturated heterocycles. The summed E-state index contributed by atoms with van der Waals surface area (Å²) in [6.45, 7) is 0.718. The lowest BCUT2D eigenvalue weighted by atomic mass is 10.2. The molecule has 0 spiro atoms. The molecule has 2 aliphatic rings. The Morgan fingerprint density at radius 3 is 3.05 bits per heavy atom. The lowest BCUT2D eigenvalue weighted by molar-refractivity contribution is 0.0723. The van der Waals surface area contributed by atoms with Gasteiger partial charge in [-0.2, -0.15) is 4.98 Å². The fourth-order valence-corrected chi connectivity index (χ4v) is 2.68. The third kappa shape index (κ3) is 1.90. The number of imidazole rings is 1. The average molecular weight is 273 g/mol. The van der Waals surface area contributed by atoms with Crippen molar-refractivity contribution in [2.45, 2.75) is 37.6 Å². The maximum Gasteiger partial charge on any atom is 0.272 e. The van der Waals surface area contributed by atoms with Crippen LogP contribution in [0.15, 0.2) is 17.0 Å². The maximum absolute atomic E-state index is 12.4. The fraction of sp³-hybridized carbons (Fsp3) is 0.538. The van der Waals surface area contributed by atoms with E-state index in [1.54, 1.807) is 11.1 Å². The Hall–Kier alpha value is -2.18. The lowest BCUT2D eigenvalue weighted by Gasteiger charge is -2.21. The van der Waals surface area contributed by atoms with E-state index >= 15 is 0 Å². The predicted molar refractivity (Wildman–Crippen MR) is 67.9 cm³/mol. The van der Waals surface area contributed by atoms with Crippen molar-refractivity contribution < 1.29 is 9.32 Å². The number of carbonyl (C=O) groups excluding carboxylic acids is 1. The van der Waals surface area contributed by atoms with E-state index in [9.17, 15) is 4.79 Å². The number of rotatable bonds is 3. The van der Waals surface area contributed by atoms with Crippen LogP contribution in [0, 0.1) is 0 Å². The number of amides is 1. The van der Waals surface area contributed by atoms with Gasteiger partial charge < -0.3 is 14.4 Å². The van der Waals surface area contributed by atoms with Crippen LogP contribution < -0.4 is 0 Å². The van der Waals surface area contributed by atoms with Crippen LogP contribution in [0.4, 0.5) is 0 Å². The average Bonchev–Trinajstić information content (AvgIpc) is 2.97. The molecule has 4 rings (SSSR count). The number of carbonyl (C=O) groups is 1. The Morgan fingerprint density at radius 1 is 1.40 bits per heavy atom. The van der Waals surface area contributed by atoms with Crippen LogP contribution in [-0.2, 0) is 0 Å². The Labute approximate surface area is 115 Å². The summed E-state index contributed by atoms with van der Waals surface area (Å²) in [6, 6.07) is -0.0814. The standard InChI is InChI=1S/C13H15N5O2/c19-13(9-6-14-7-15-9)18-5-1-2-10(18)11-16-12(20-17-11)8-3-4-8/h6-8,10H,1-5H2,(H,14,15)/t10-/m1/s1. The number of hydrogen-bond donors (Lipinski definition) is 1. The van der Waals surface area contributed by atoms with Crippen LogP contribution >= 0.6 is 0 Å². The minimum atomic E-state index is -0.0814. The Balaban J connectivity index is 1.58. The lowest BCUT2D eigenvalue weighted by Crippen LogP contribution is -2.31. The first-order valence-electron chi connectivity index (χ1n) is 6.96. The zero-order chi connectivity index (χ0) is 13.5. The van der Waals surface area contributed by atoms with Gasteiger partial charge in [-0.3, -0.25) is 4.79 Å². The van der Waals surface area contributed by atoms with Crippen LogP contribution in [0.25, 0.3) is 0 Å². The topological polar surface area (TPSA) is 87.9 Å². The van der Waals surface area contributed by atoms with Crippen LogP contribution in [0.1, 0.15) is 59.8 Å². The van der Waals surface area contributed by atoms with Crippen molar-refractivity contribution in [3.63, 3.8) is 0 Å². The zero-order valence-electron chi connectivity index (χ0n) is 11.0. The van der Waals surface area contributed by atoms with E-state index in [1.807, 2.05) is 0 Å². The van der Waals surface area contributed by atoms with Crippen LogP contribution in [-0.4, -0.2) is 37.5 Å². The van der Waals surface area contributed by atoms with Crippen LogP contribution in [0.2, 0.25) is 0 Å². The van der Waals surface area contributed by atoms with Crippen LogP contribution in [0.3, 0.4) is 0 Å². The highest BCUT2D eigenvalue weighted by molar-refractivity contribution is 5.92. The van der Waals surface area contributed by atoms with Crippen molar-refractivity contribution in [2.24, 2.45) is 0 Å². The van der Waals surface area contributed by atoms with Crippen molar-refractivity contribution in [3.05, 3.63) is 29.9 Å². The molecule has 0 aromatic carbocycles.